The Bertz CT molecular complexity index is 244. The number of urea groups is 1. The minimum absolute atomic E-state index is 0.0419. The molecule has 2 N–H and O–H groups in total. The van der Waals surface area contributed by atoms with E-state index in [0.29, 0.717) is 6.54 Å². The summed E-state index contributed by atoms with van der Waals surface area (Å²) in [7, 11) is 1.45. The number of aliphatic carboxylic acids is 1. The summed E-state index contributed by atoms with van der Waals surface area (Å²) in [6.45, 7) is 4.24. The highest BCUT2D eigenvalue weighted by Gasteiger charge is 2.18. The van der Waals surface area contributed by atoms with Gasteiger partial charge < -0.3 is 15.3 Å². The third kappa shape index (κ3) is 6.22. The number of hydrogen-bond acceptors (Lipinski definition) is 3. The van der Waals surface area contributed by atoms with Crippen LogP contribution in [0.2, 0.25) is 0 Å². The van der Waals surface area contributed by atoms with Gasteiger partial charge in [-0.3, -0.25) is 4.79 Å². The molecule has 0 saturated heterocycles. The molecule has 0 spiro atoms. The van der Waals surface area contributed by atoms with Crippen LogP contribution in [0.25, 0.3) is 0 Å². The molecule has 0 atom stereocenters. The van der Waals surface area contributed by atoms with Crippen molar-refractivity contribution in [3.8, 4) is 0 Å². The lowest BCUT2D eigenvalue weighted by atomic mass is 10.2. The predicted octanol–water partition coefficient (Wildman–Crippen LogP) is 0.854. The molecule has 0 unspecified atom stereocenters. The molecule has 0 heterocycles. The van der Waals surface area contributed by atoms with E-state index in [-0.39, 0.29) is 17.3 Å². The smallest absolute Gasteiger partial charge is 0.323 e. The van der Waals surface area contributed by atoms with Crippen LogP contribution in [0, 0.1) is 0 Å². The molecule has 0 rings (SSSR count). The monoisotopic (exact) mass is 234 g/mol. The summed E-state index contributed by atoms with van der Waals surface area (Å²) in [4.78, 5) is 22.9. The molecule has 0 aliphatic heterocycles. The molecule has 0 aromatic carbocycles. The highest BCUT2D eigenvalue weighted by molar-refractivity contribution is 7.99. The number of hydrogen-bond donors (Lipinski definition) is 2. The van der Waals surface area contributed by atoms with Gasteiger partial charge in [-0.1, -0.05) is 0 Å². The molecule has 0 aliphatic carbocycles. The molecular formula is C9H18N2O3S. The molecular weight excluding hydrogens is 216 g/mol. The summed E-state index contributed by atoms with van der Waals surface area (Å²) >= 11 is 1.65. The zero-order valence-corrected chi connectivity index (χ0v) is 10.3. The van der Waals surface area contributed by atoms with Crippen molar-refractivity contribution in [2.75, 3.05) is 26.4 Å². The first kappa shape index (κ1) is 14.1. The third-order valence-corrected chi connectivity index (χ3v) is 3.19. The van der Waals surface area contributed by atoms with Gasteiger partial charge in [0.2, 0.25) is 0 Å². The van der Waals surface area contributed by atoms with Crippen molar-refractivity contribution < 1.29 is 14.7 Å². The third-order valence-electron chi connectivity index (χ3n) is 1.94. The lowest BCUT2D eigenvalue weighted by Crippen LogP contribution is -2.44. The van der Waals surface area contributed by atoms with E-state index in [2.05, 4.69) is 5.32 Å². The first-order valence-corrected chi connectivity index (χ1v) is 5.77. The number of carbonyl (C=O) groups is 2. The van der Waals surface area contributed by atoms with Gasteiger partial charge in [0.15, 0.2) is 0 Å². The van der Waals surface area contributed by atoms with E-state index in [0.717, 1.165) is 4.90 Å². The largest absolute Gasteiger partial charge is 0.480 e. The van der Waals surface area contributed by atoms with Crippen LogP contribution in [0.15, 0.2) is 0 Å². The van der Waals surface area contributed by atoms with Gasteiger partial charge in [0.05, 0.1) is 0 Å². The van der Waals surface area contributed by atoms with Crippen molar-refractivity contribution in [1.29, 1.82) is 0 Å². The fourth-order valence-corrected chi connectivity index (χ4v) is 0.987. The van der Waals surface area contributed by atoms with E-state index in [1.165, 1.54) is 7.05 Å². The summed E-state index contributed by atoms with van der Waals surface area (Å²) in [5.41, 5.74) is 0. The fraction of sp³-hybridized carbons (Fsp3) is 0.778. The molecule has 2 amide bonds. The van der Waals surface area contributed by atoms with Crippen molar-refractivity contribution in [2.24, 2.45) is 0 Å². The van der Waals surface area contributed by atoms with Crippen LogP contribution >= 0.6 is 11.8 Å². The minimum atomic E-state index is -1.02. The van der Waals surface area contributed by atoms with Gasteiger partial charge in [-0.2, -0.15) is 11.8 Å². The quantitative estimate of drug-likeness (QED) is 0.740. The standard InChI is InChI=1S/C9H18N2O3S/c1-9(2,15-4)6-10-8(14)11(3)5-7(12)13/h5-6H2,1-4H3,(H,10,14)(H,12,13). The number of carbonyl (C=O) groups excluding carboxylic acids is 1. The average molecular weight is 234 g/mol. The number of carboxylic acids is 1. The zero-order chi connectivity index (χ0) is 12.1. The first-order valence-electron chi connectivity index (χ1n) is 4.54. The van der Waals surface area contributed by atoms with E-state index >= 15 is 0 Å². The molecule has 15 heavy (non-hydrogen) atoms. The van der Waals surface area contributed by atoms with E-state index in [4.69, 9.17) is 5.11 Å². The number of amides is 2. The topological polar surface area (TPSA) is 69.6 Å². The second-order valence-corrected chi connectivity index (χ2v) is 5.39. The molecule has 0 aromatic rings. The molecule has 0 aromatic heterocycles. The number of nitrogens with zero attached hydrogens (tertiary/aromatic N) is 1. The molecule has 0 radical (unpaired) electrons. The first-order chi connectivity index (χ1) is 6.78. The van der Waals surface area contributed by atoms with Crippen LogP contribution in [0.4, 0.5) is 4.79 Å². The van der Waals surface area contributed by atoms with Crippen LogP contribution in [0.3, 0.4) is 0 Å². The SMILES string of the molecule is CSC(C)(C)CNC(=O)N(C)CC(=O)O. The number of nitrogens with one attached hydrogen (secondary N) is 1. The van der Waals surface area contributed by atoms with Gasteiger partial charge in [-0.05, 0) is 20.1 Å². The summed E-state index contributed by atoms with van der Waals surface area (Å²) in [5, 5.41) is 11.2. The van der Waals surface area contributed by atoms with Gasteiger partial charge in [0.1, 0.15) is 6.54 Å². The van der Waals surface area contributed by atoms with Gasteiger partial charge >= 0.3 is 12.0 Å². The Kier molecular flexibility index (Phi) is 5.49. The highest BCUT2D eigenvalue weighted by atomic mass is 32.2. The van der Waals surface area contributed by atoms with E-state index < -0.39 is 5.97 Å². The van der Waals surface area contributed by atoms with Gasteiger partial charge in [0.25, 0.3) is 0 Å². The van der Waals surface area contributed by atoms with Crippen molar-refractivity contribution >= 4 is 23.8 Å². The number of carboxylic acid groups (broad SMARTS) is 1. The molecule has 6 heteroatoms. The number of rotatable bonds is 5. The molecule has 0 fully saturated rings. The second kappa shape index (κ2) is 5.85. The molecule has 0 saturated carbocycles. The van der Waals surface area contributed by atoms with E-state index in [1.807, 2.05) is 20.1 Å². The zero-order valence-electron chi connectivity index (χ0n) is 9.53. The van der Waals surface area contributed by atoms with Gasteiger partial charge in [-0.15, -0.1) is 0 Å². The molecule has 0 aliphatic rings. The van der Waals surface area contributed by atoms with Crippen LogP contribution in [0.5, 0.6) is 0 Å². The Morgan fingerprint density at radius 1 is 1.47 bits per heavy atom. The van der Waals surface area contributed by atoms with Crippen LogP contribution in [-0.4, -0.2) is 53.1 Å². The van der Waals surface area contributed by atoms with Crippen LogP contribution < -0.4 is 5.32 Å². The Balaban J connectivity index is 3.98. The summed E-state index contributed by atoms with van der Waals surface area (Å²) in [5.74, 6) is -1.02. The summed E-state index contributed by atoms with van der Waals surface area (Å²) < 4.78 is -0.0419. The maximum absolute atomic E-state index is 11.4. The van der Waals surface area contributed by atoms with Gasteiger partial charge in [-0.25, -0.2) is 4.79 Å². The van der Waals surface area contributed by atoms with Crippen molar-refractivity contribution in [1.82, 2.24) is 10.2 Å². The summed E-state index contributed by atoms with van der Waals surface area (Å²) in [6, 6.07) is -0.362. The molecule has 88 valence electrons. The average Bonchev–Trinajstić information content (AvgIpc) is 2.13. The van der Waals surface area contributed by atoms with Crippen LogP contribution in [-0.2, 0) is 4.79 Å². The number of thioether (sulfide) groups is 1. The Labute approximate surface area is 94.2 Å². The Morgan fingerprint density at radius 3 is 2.40 bits per heavy atom. The lowest BCUT2D eigenvalue weighted by Gasteiger charge is -2.24. The lowest BCUT2D eigenvalue weighted by molar-refractivity contribution is -0.137. The highest BCUT2D eigenvalue weighted by Crippen LogP contribution is 2.19. The van der Waals surface area contributed by atoms with E-state index in [9.17, 15) is 9.59 Å². The maximum Gasteiger partial charge on any atom is 0.323 e. The normalized spacial score (nSPS) is 10.9. The van der Waals surface area contributed by atoms with Crippen LogP contribution in [0.1, 0.15) is 13.8 Å². The maximum atomic E-state index is 11.4. The van der Waals surface area contributed by atoms with E-state index in [1.54, 1.807) is 11.8 Å². The Hall–Kier alpha value is -0.910. The minimum Gasteiger partial charge on any atom is -0.480 e. The van der Waals surface area contributed by atoms with Gasteiger partial charge in [0, 0.05) is 18.3 Å². The van der Waals surface area contributed by atoms with Crippen molar-refractivity contribution in [2.45, 2.75) is 18.6 Å². The molecule has 0 bridgehead atoms. The number of likely N-dealkylation sites (N-methyl/N-ethyl adjacent to an activating group) is 1. The Morgan fingerprint density at radius 2 is 2.00 bits per heavy atom. The summed E-state index contributed by atoms with van der Waals surface area (Å²) in [6.07, 6.45) is 1.97. The van der Waals surface area contributed by atoms with Crippen molar-refractivity contribution in [3.63, 3.8) is 0 Å². The second-order valence-electron chi connectivity index (χ2n) is 3.87. The predicted molar refractivity (Wildman–Crippen MR) is 61.3 cm³/mol. The van der Waals surface area contributed by atoms with Crippen molar-refractivity contribution in [3.05, 3.63) is 0 Å². The molecule has 5 nitrogen and oxygen atoms in total. The fourth-order valence-electron chi connectivity index (χ4n) is 0.770.